The highest BCUT2D eigenvalue weighted by molar-refractivity contribution is 7.89. The maximum Gasteiger partial charge on any atom is 0.240 e. The smallest absolute Gasteiger partial charge is 0.240 e. The Labute approximate surface area is 180 Å². The third-order valence-electron chi connectivity index (χ3n) is 5.94. The van der Waals surface area contributed by atoms with Crippen molar-refractivity contribution in [3.05, 3.63) is 65.2 Å². The normalized spacial score (nSPS) is 19.4. The zero-order chi connectivity index (χ0) is 21.6. The fraction of sp³-hybridized carbons (Fsp3) is 0.458. The van der Waals surface area contributed by atoms with Crippen molar-refractivity contribution in [2.24, 2.45) is 11.8 Å². The van der Waals surface area contributed by atoms with E-state index in [-0.39, 0.29) is 17.7 Å². The lowest BCUT2D eigenvalue weighted by Gasteiger charge is -2.28. The highest BCUT2D eigenvalue weighted by Gasteiger charge is 2.27. The van der Waals surface area contributed by atoms with Gasteiger partial charge in [-0.3, -0.25) is 4.79 Å². The standard InChI is InChI=1S/C24H32N2O3S/c1-18-3-7-20(8-4-18)15-16-25-24(27)22-11-9-21(10-12-22)17-26-30(28,29)23-13-5-19(2)6-14-23/h3-8,13-14,21-22,26H,9-12,15-17H2,1-2H3,(H,25,27). The van der Waals surface area contributed by atoms with Gasteiger partial charge in [0.05, 0.1) is 4.90 Å². The molecule has 5 nitrogen and oxygen atoms in total. The molecule has 0 unspecified atom stereocenters. The number of rotatable bonds is 8. The fourth-order valence-electron chi connectivity index (χ4n) is 3.89. The number of amides is 1. The quantitative estimate of drug-likeness (QED) is 0.672. The van der Waals surface area contributed by atoms with E-state index >= 15 is 0 Å². The van der Waals surface area contributed by atoms with Crippen LogP contribution in [0.15, 0.2) is 53.4 Å². The molecule has 0 radical (unpaired) electrons. The van der Waals surface area contributed by atoms with E-state index in [2.05, 4.69) is 41.2 Å². The Morgan fingerprint density at radius 2 is 1.47 bits per heavy atom. The highest BCUT2D eigenvalue weighted by atomic mass is 32.2. The number of hydrogen-bond acceptors (Lipinski definition) is 3. The van der Waals surface area contributed by atoms with Gasteiger partial charge in [0.15, 0.2) is 0 Å². The molecular weight excluding hydrogens is 396 g/mol. The van der Waals surface area contributed by atoms with Crippen molar-refractivity contribution in [3.63, 3.8) is 0 Å². The fourth-order valence-corrected chi connectivity index (χ4v) is 5.00. The first-order valence-electron chi connectivity index (χ1n) is 10.7. The van der Waals surface area contributed by atoms with E-state index in [0.717, 1.165) is 37.7 Å². The van der Waals surface area contributed by atoms with Crippen molar-refractivity contribution >= 4 is 15.9 Å². The Balaban J connectivity index is 1.38. The molecule has 1 amide bonds. The molecule has 0 bridgehead atoms. The molecule has 1 saturated carbocycles. The van der Waals surface area contributed by atoms with Gasteiger partial charge in [0.25, 0.3) is 0 Å². The summed E-state index contributed by atoms with van der Waals surface area (Å²) in [6.07, 6.45) is 4.20. The maximum atomic E-state index is 12.5. The Bertz CT molecular complexity index is 929. The molecule has 2 N–H and O–H groups in total. The number of benzene rings is 2. The molecule has 0 saturated heterocycles. The van der Waals surface area contributed by atoms with Gasteiger partial charge in [-0.1, -0.05) is 47.5 Å². The van der Waals surface area contributed by atoms with E-state index in [1.54, 1.807) is 24.3 Å². The topological polar surface area (TPSA) is 75.3 Å². The summed E-state index contributed by atoms with van der Waals surface area (Å²) in [4.78, 5) is 12.8. The summed E-state index contributed by atoms with van der Waals surface area (Å²) < 4.78 is 27.6. The van der Waals surface area contributed by atoms with Crippen LogP contribution in [0.4, 0.5) is 0 Å². The van der Waals surface area contributed by atoms with Crippen LogP contribution in [0.2, 0.25) is 0 Å². The Kier molecular flexibility index (Phi) is 7.67. The summed E-state index contributed by atoms with van der Waals surface area (Å²) in [6.45, 7) is 5.08. The van der Waals surface area contributed by atoms with Crippen LogP contribution in [0.3, 0.4) is 0 Å². The van der Waals surface area contributed by atoms with Crippen molar-refractivity contribution in [1.29, 1.82) is 0 Å². The summed E-state index contributed by atoms with van der Waals surface area (Å²) in [5.41, 5.74) is 3.50. The first kappa shape index (κ1) is 22.5. The Morgan fingerprint density at radius 3 is 2.07 bits per heavy atom. The van der Waals surface area contributed by atoms with Gasteiger partial charge in [0.2, 0.25) is 15.9 Å². The second-order valence-electron chi connectivity index (χ2n) is 8.41. The monoisotopic (exact) mass is 428 g/mol. The van der Waals surface area contributed by atoms with E-state index in [9.17, 15) is 13.2 Å². The maximum absolute atomic E-state index is 12.5. The minimum Gasteiger partial charge on any atom is -0.356 e. The van der Waals surface area contributed by atoms with Crippen LogP contribution in [0.25, 0.3) is 0 Å². The van der Waals surface area contributed by atoms with Crippen molar-refractivity contribution in [1.82, 2.24) is 10.0 Å². The molecule has 0 atom stereocenters. The van der Waals surface area contributed by atoms with Crippen LogP contribution < -0.4 is 10.0 Å². The predicted molar refractivity (Wildman–Crippen MR) is 120 cm³/mol. The van der Waals surface area contributed by atoms with Crippen molar-refractivity contribution in [2.45, 2.75) is 50.8 Å². The molecule has 0 heterocycles. The average Bonchev–Trinajstić information content (AvgIpc) is 2.74. The van der Waals surface area contributed by atoms with E-state index in [0.29, 0.717) is 18.0 Å². The minimum absolute atomic E-state index is 0.0352. The molecule has 162 valence electrons. The molecule has 6 heteroatoms. The molecule has 2 aromatic carbocycles. The largest absolute Gasteiger partial charge is 0.356 e. The van der Waals surface area contributed by atoms with E-state index in [1.165, 1.54) is 11.1 Å². The van der Waals surface area contributed by atoms with Gasteiger partial charge in [-0.2, -0.15) is 0 Å². The zero-order valence-corrected chi connectivity index (χ0v) is 18.7. The molecule has 0 aliphatic heterocycles. The van der Waals surface area contributed by atoms with Crippen LogP contribution >= 0.6 is 0 Å². The van der Waals surface area contributed by atoms with Crippen LogP contribution in [0.5, 0.6) is 0 Å². The number of carbonyl (C=O) groups excluding carboxylic acids is 1. The molecule has 0 spiro atoms. The van der Waals surface area contributed by atoms with Crippen molar-refractivity contribution < 1.29 is 13.2 Å². The lowest BCUT2D eigenvalue weighted by Crippen LogP contribution is -2.36. The van der Waals surface area contributed by atoms with Crippen LogP contribution in [0.1, 0.15) is 42.4 Å². The number of carbonyl (C=O) groups is 1. The summed E-state index contributed by atoms with van der Waals surface area (Å²) in [6, 6.07) is 15.3. The van der Waals surface area contributed by atoms with Gasteiger partial charge in [0.1, 0.15) is 0 Å². The zero-order valence-electron chi connectivity index (χ0n) is 17.9. The molecule has 30 heavy (non-hydrogen) atoms. The van der Waals surface area contributed by atoms with Crippen LogP contribution in [-0.2, 0) is 21.2 Å². The molecular formula is C24H32N2O3S. The molecule has 1 fully saturated rings. The average molecular weight is 429 g/mol. The van der Waals surface area contributed by atoms with Gasteiger partial charge in [-0.15, -0.1) is 0 Å². The second-order valence-corrected chi connectivity index (χ2v) is 10.2. The molecule has 2 aromatic rings. The van der Waals surface area contributed by atoms with E-state index in [1.807, 2.05) is 6.92 Å². The predicted octanol–water partition coefficient (Wildman–Crippen LogP) is 3.75. The first-order chi connectivity index (χ1) is 14.3. The molecule has 0 aromatic heterocycles. The summed E-state index contributed by atoms with van der Waals surface area (Å²) >= 11 is 0. The SMILES string of the molecule is Cc1ccc(CCNC(=O)C2CCC(CNS(=O)(=O)c3ccc(C)cc3)CC2)cc1. The Morgan fingerprint density at radius 1 is 0.900 bits per heavy atom. The number of sulfonamides is 1. The summed E-state index contributed by atoms with van der Waals surface area (Å²) in [7, 11) is -3.48. The number of aryl methyl sites for hydroxylation is 2. The summed E-state index contributed by atoms with van der Waals surface area (Å²) in [5, 5.41) is 3.06. The van der Waals surface area contributed by atoms with Crippen LogP contribution in [0, 0.1) is 25.7 Å². The number of nitrogens with one attached hydrogen (secondary N) is 2. The van der Waals surface area contributed by atoms with Crippen LogP contribution in [-0.4, -0.2) is 27.4 Å². The van der Waals surface area contributed by atoms with E-state index < -0.39 is 10.0 Å². The minimum atomic E-state index is -3.48. The number of hydrogen-bond donors (Lipinski definition) is 2. The lowest BCUT2D eigenvalue weighted by atomic mass is 9.81. The Hall–Kier alpha value is -2.18. The molecule has 1 aliphatic carbocycles. The highest BCUT2D eigenvalue weighted by Crippen LogP contribution is 2.29. The van der Waals surface area contributed by atoms with Gasteiger partial charge in [0, 0.05) is 19.0 Å². The first-order valence-corrected chi connectivity index (χ1v) is 12.2. The van der Waals surface area contributed by atoms with Crippen molar-refractivity contribution in [3.8, 4) is 0 Å². The second kappa shape index (κ2) is 10.2. The third kappa shape index (κ3) is 6.41. The van der Waals surface area contributed by atoms with Crippen molar-refractivity contribution in [2.75, 3.05) is 13.1 Å². The van der Waals surface area contributed by atoms with Gasteiger partial charge >= 0.3 is 0 Å². The molecule has 1 aliphatic rings. The molecule has 3 rings (SSSR count). The lowest BCUT2D eigenvalue weighted by molar-refractivity contribution is -0.126. The van der Waals surface area contributed by atoms with Gasteiger partial charge in [-0.05, 0) is 69.6 Å². The van der Waals surface area contributed by atoms with Gasteiger partial charge < -0.3 is 5.32 Å². The van der Waals surface area contributed by atoms with E-state index in [4.69, 9.17) is 0 Å². The summed E-state index contributed by atoms with van der Waals surface area (Å²) in [5.74, 6) is 0.440. The third-order valence-corrected chi connectivity index (χ3v) is 7.38. The van der Waals surface area contributed by atoms with Gasteiger partial charge in [-0.25, -0.2) is 13.1 Å².